The number of hydrogen-bond donors (Lipinski definition) is 1. The van der Waals surface area contributed by atoms with Gasteiger partial charge < -0.3 is 4.74 Å². The van der Waals surface area contributed by atoms with Gasteiger partial charge in [0.05, 0.1) is 12.2 Å². The Bertz CT molecular complexity index is 288. The smallest absolute Gasteiger partial charge is 0.261 e. The third kappa shape index (κ3) is 2.89. The lowest BCUT2D eigenvalue weighted by Gasteiger charge is -2.22. The maximum atomic E-state index is 12.0. The van der Waals surface area contributed by atoms with Crippen LogP contribution >= 0.6 is 0 Å². The Kier molecular flexibility index (Phi) is 3.41. The Morgan fingerprint density at radius 2 is 2.19 bits per heavy atom. The highest BCUT2D eigenvalue weighted by atomic mass is 19.3. The summed E-state index contributed by atoms with van der Waals surface area (Å²) in [6.45, 7) is -0.518. The van der Waals surface area contributed by atoms with Crippen LogP contribution in [-0.4, -0.2) is 30.7 Å². The number of rotatable bonds is 5. The summed E-state index contributed by atoms with van der Waals surface area (Å²) in [6, 6.07) is 2.74. The summed E-state index contributed by atoms with van der Waals surface area (Å²) in [5.74, 6) is 0. The fourth-order valence-electron chi connectivity index (χ4n) is 2.23. The number of hydrogen-bond acceptors (Lipinski definition) is 3. The predicted molar refractivity (Wildman–Crippen MR) is 54.1 cm³/mol. The Hall–Kier alpha value is -0.730. The second kappa shape index (κ2) is 4.64. The minimum atomic E-state index is -2.42. The van der Waals surface area contributed by atoms with E-state index < -0.39 is 18.6 Å². The van der Waals surface area contributed by atoms with Crippen LogP contribution in [0, 0.1) is 11.3 Å². The van der Waals surface area contributed by atoms with Crippen LogP contribution in [-0.2, 0) is 4.74 Å². The fraction of sp³-hybridized carbons (Fsp3) is 0.909. The topological polar surface area (TPSA) is 45.0 Å². The molecule has 0 bridgehead atoms. The SMILES string of the molecule is N#CC1(NC2CC2)CCC(OCC(F)F)C1. The summed E-state index contributed by atoms with van der Waals surface area (Å²) in [4.78, 5) is 0. The van der Waals surface area contributed by atoms with Gasteiger partial charge in [0.15, 0.2) is 0 Å². The van der Waals surface area contributed by atoms with Crippen molar-refractivity contribution >= 4 is 0 Å². The molecular weight excluding hydrogens is 214 g/mol. The van der Waals surface area contributed by atoms with E-state index in [0.29, 0.717) is 25.3 Å². The summed E-state index contributed by atoms with van der Waals surface area (Å²) < 4.78 is 29.0. The summed E-state index contributed by atoms with van der Waals surface area (Å²) in [7, 11) is 0. The molecule has 2 saturated carbocycles. The first kappa shape index (κ1) is 11.7. The number of alkyl halides is 2. The quantitative estimate of drug-likeness (QED) is 0.783. The molecule has 0 saturated heterocycles. The first-order valence-electron chi connectivity index (χ1n) is 5.72. The molecule has 2 aliphatic carbocycles. The Morgan fingerprint density at radius 1 is 1.44 bits per heavy atom. The molecule has 0 amide bonds. The van der Waals surface area contributed by atoms with Crippen molar-refractivity contribution in [2.24, 2.45) is 0 Å². The Morgan fingerprint density at radius 3 is 2.75 bits per heavy atom. The van der Waals surface area contributed by atoms with Crippen molar-refractivity contribution in [2.75, 3.05) is 6.61 Å². The fourth-order valence-corrected chi connectivity index (χ4v) is 2.23. The van der Waals surface area contributed by atoms with Gasteiger partial charge in [0.2, 0.25) is 0 Å². The maximum Gasteiger partial charge on any atom is 0.261 e. The Balaban J connectivity index is 1.82. The molecule has 2 fully saturated rings. The largest absolute Gasteiger partial charge is 0.372 e. The zero-order valence-corrected chi connectivity index (χ0v) is 9.09. The van der Waals surface area contributed by atoms with Gasteiger partial charge in [-0.1, -0.05) is 0 Å². The highest BCUT2D eigenvalue weighted by Gasteiger charge is 2.43. The zero-order chi connectivity index (χ0) is 11.6. The van der Waals surface area contributed by atoms with Crippen molar-refractivity contribution in [1.29, 1.82) is 5.26 Å². The van der Waals surface area contributed by atoms with Gasteiger partial charge in [-0.3, -0.25) is 5.32 Å². The summed E-state index contributed by atoms with van der Waals surface area (Å²) >= 11 is 0. The van der Waals surface area contributed by atoms with Crippen molar-refractivity contribution in [3.63, 3.8) is 0 Å². The third-order valence-electron chi connectivity index (χ3n) is 3.20. The molecule has 0 aliphatic heterocycles. The molecule has 1 N–H and O–H groups in total. The van der Waals surface area contributed by atoms with E-state index in [1.165, 1.54) is 0 Å². The molecule has 0 aromatic rings. The Labute approximate surface area is 93.8 Å². The number of halogens is 2. The van der Waals surface area contributed by atoms with Crippen molar-refractivity contribution in [2.45, 2.75) is 56.2 Å². The van der Waals surface area contributed by atoms with Crippen LogP contribution < -0.4 is 5.32 Å². The minimum Gasteiger partial charge on any atom is -0.372 e. The number of nitriles is 1. The van der Waals surface area contributed by atoms with Gasteiger partial charge in [-0.05, 0) is 25.7 Å². The summed E-state index contributed by atoms with van der Waals surface area (Å²) in [6.07, 6.45) is 1.55. The molecule has 16 heavy (non-hydrogen) atoms. The lowest BCUT2D eigenvalue weighted by Crippen LogP contribution is -2.43. The molecule has 3 nitrogen and oxygen atoms in total. The van der Waals surface area contributed by atoms with Crippen molar-refractivity contribution in [1.82, 2.24) is 5.32 Å². The van der Waals surface area contributed by atoms with Crippen LogP contribution in [0.15, 0.2) is 0 Å². The van der Waals surface area contributed by atoms with Gasteiger partial charge in [0.25, 0.3) is 6.43 Å². The number of nitrogens with one attached hydrogen (secondary N) is 1. The van der Waals surface area contributed by atoms with E-state index in [1.54, 1.807) is 0 Å². The monoisotopic (exact) mass is 230 g/mol. The molecule has 0 radical (unpaired) electrons. The van der Waals surface area contributed by atoms with Crippen molar-refractivity contribution < 1.29 is 13.5 Å². The molecule has 5 heteroatoms. The molecule has 2 rings (SSSR count). The van der Waals surface area contributed by atoms with Crippen LogP contribution in [0.5, 0.6) is 0 Å². The van der Waals surface area contributed by atoms with Crippen molar-refractivity contribution in [3.8, 4) is 6.07 Å². The van der Waals surface area contributed by atoms with Crippen LogP contribution in [0.25, 0.3) is 0 Å². The molecule has 2 atom stereocenters. The van der Waals surface area contributed by atoms with Gasteiger partial charge in [-0.2, -0.15) is 5.26 Å². The second-order valence-electron chi connectivity index (χ2n) is 4.70. The highest BCUT2D eigenvalue weighted by Crippen LogP contribution is 2.35. The molecule has 0 spiro atoms. The summed E-state index contributed by atoms with van der Waals surface area (Å²) in [5.41, 5.74) is -0.534. The first-order valence-corrected chi connectivity index (χ1v) is 5.72. The molecule has 0 aromatic heterocycles. The third-order valence-corrected chi connectivity index (χ3v) is 3.20. The standard InChI is InChI=1S/C11H16F2N2O/c12-10(13)6-16-9-3-4-11(5-9,7-14)15-8-1-2-8/h8-10,15H,1-6H2. The van der Waals surface area contributed by atoms with Gasteiger partial charge in [0.1, 0.15) is 12.1 Å². The van der Waals surface area contributed by atoms with Gasteiger partial charge >= 0.3 is 0 Å². The first-order chi connectivity index (χ1) is 7.63. The number of nitrogens with zero attached hydrogens (tertiary/aromatic N) is 1. The predicted octanol–water partition coefficient (Wildman–Crippen LogP) is 1.83. The maximum absolute atomic E-state index is 12.0. The second-order valence-corrected chi connectivity index (χ2v) is 4.70. The van der Waals surface area contributed by atoms with E-state index in [0.717, 1.165) is 12.8 Å². The molecule has 2 unspecified atom stereocenters. The molecule has 2 aliphatic rings. The highest BCUT2D eigenvalue weighted by molar-refractivity contribution is 5.14. The van der Waals surface area contributed by atoms with E-state index >= 15 is 0 Å². The lowest BCUT2D eigenvalue weighted by molar-refractivity contribution is -0.0227. The number of ether oxygens (including phenoxy) is 1. The van der Waals surface area contributed by atoms with Gasteiger partial charge in [-0.25, -0.2) is 8.78 Å². The van der Waals surface area contributed by atoms with Crippen LogP contribution in [0.4, 0.5) is 8.78 Å². The molecule has 90 valence electrons. The van der Waals surface area contributed by atoms with Crippen LogP contribution in [0.1, 0.15) is 32.1 Å². The average molecular weight is 230 g/mol. The minimum absolute atomic E-state index is 0.195. The van der Waals surface area contributed by atoms with E-state index in [4.69, 9.17) is 4.74 Å². The molecule has 0 heterocycles. The normalized spacial score (nSPS) is 34.2. The van der Waals surface area contributed by atoms with Gasteiger partial charge in [0, 0.05) is 12.5 Å². The molecule has 0 aromatic carbocycles. The lowest BCUT2D eigenvalue weighted by atomic mass is 9.99. The van der Waals surface area contributed by atoms with Gasteiger partial charge in [-0.15, -0.1) is 0 Å². The van der Waals surface area contributed by atoms with E-state index in [2.05, 4.69) is 11.4 Å². The van der Waals surface area contributed by atoms with Crippen molar-refractivity contribution in [3.05, 3.63) is 0 Å². The van der Waals surface area contributed by atoms with E-state index in [1.807, 2.05) is 0 Å². The van der Waals surface area contributed by atoms with E-state index in [-0.39, 0.29) is 6.10 Å². The van der Waals surface area contributed by atoms with Crippen LogP contribution in [0.3, 0.4) is 0 Å². The van der Waals surface area contributed by atoms with E-state index in [9.17, 15) is 14.0 Å². The summed E-state index contributed by atoms with van der Waals surface area (Å²) in [5, 5.41) is 12.5. The average Bonchev–Trinajstić information content (AvgIpc) is 2.95. The van der Waals surface area contributed by atoms with Crippen LogP contribution in [0.2, 0.25) is 0 Å². The molecular formula is C11H16F2N2O. The zero-order valence-electron chi connectivity index (χ0n) is 9.09.